The third kappa shape index (κ3) is 3.20. The van der Waals surface area contributed by atoms with Crippen molar-refractivity contribution in [3.63, 3.8) is 0 Å². The third-order valence-corrected chi connectivity index (χ3v) is 5.63. The van der Waals surface area contributed by atoms with Crippen LogP contribution in [0, 0.1) is 0 Å². The summed E-state index contributed by atoms with van der Waals surface area (Å²) in [5, 5.41) is 3.46. The van der Waals surface area contributed by atoms with Crippen LogP contribution in [0.25, 0.3) is 10.2 Å². The Morgan fingerprint density at radius 1 is 1.42 bits per heavy atom. The van der Waals surface area contributed by atoms with Crippen LogP contribution >= 0.6 is 11.3 Å². The van der Waals surface area contributed by atoms with E-state index in [4.69, 9.17) is 4.74 Å². The van der Waals surface area contributed by atoms with E-state index in [0.717, 1.165) is 35.0 Å². The number of methoxy groups -OCH3 is 1. The number of hydrogen-bond donors (Lipinski definition) is 2. The maximum Gasteiger partial charge on any atom is 0.259 e. The van der Waals surface area contributed by atoms with E-state index in [1.165, 1.54) is 4.88 Å². The molecule has 4 rings (SSSR count). The number of nitrogens with one attached hydrogen (secondary N) is 2. The Bertz CT molecular complexity index is 1040. The molecule has 1 aliphatic rings. The molecule has 134 valence electrons. The van der Waals surface area contributed by atoms with Gasteiger partial charge in [0, 0.05) is 30.0 Å². The van der Waals surface area contributed by atoms with E-state index in [9.17, 15) is 9.59 Å². The summed E-state index contributed by atoms with van der Waals surface area (Å²) < 4.78 is 5.11. The summed E-state index contributed by atoms with van der Waals surface area (Å²) >= 11 is 1.60. The van der Waals surface area contributed by atoms with Crippen LogP contribution in [0.3, 0.4) is 0 Å². The van der Waals surface area contributed by atoms with Crippen molar-refractivity contribution in [1.82, 2.24) is 15.0 Å². The van der Waals surface area contributed by atoms with Crippen molar-refractivity contribution in [3.05, 3.63) is 44.9 Å². The lowest BCUT2D eigenvalue weighted by Crippen LogP contribution is -2.16. The Balaban J connectivity index is 1.46. The van der Waals surface area contributed by atoms with Crippen molar-refractivity contribution in [3.8, 4) is 5.75 Å². The van der Waals surface area contributed by atoms with Crippen LogP contribution < -0.4 is 15.6 Å². The number of thiophene rings is 1. The van der Waals surface area contributed by atoms with Gasteiger partial charge in [-0.1, -0.05) is 0 Å². The largest absolute Gasteiger partial charge is 0.497 e. The molecule has 0 aliphatic heterocycles. The van der Waals surface area contributed by atoms with Gasteiger partial charge in [-0.15, -0.1) is 11.3 Å². The van der Waals surface area contributed by atoms with Gasteiger partial charge in [-0.05, 0) is 30.9 Å². The molecule has 0 bridgehead atoms. The molecule has 0 fully saturated rings. The smallest absolute Gasteiger partial charge is 0.259 e. The van der Waals surface area contributed by atoms with Gasteiger partial charge in [-0.2, -0.15) is 0 Å². The van der Waals surface area contributed by atoms with Crippen LogP contribution in [-0.2, 0) is 24.1 Å². The molecule has 0 atom stereocenters. The summed E-state index contributed by atoms with van der Waals surface area (Å²) in [5.74, 6) is 1.40. The molecule has 0 saturated heterocycles. The van der Waals surface area contributed by atoms with Gasteiger partial charge in [0.05, 0.1) is 12.5 Å². The maximum absolute atomic E-state index is 12.4. The number of ether oxygens (including phenoxy) is 1. The van der Waals surface area contributed by atoms with Crippen LogP contribution in [-0.4, -0.2) is 28.0 Å². The molecule has 8 heteroatoms. The van der Waals surface area contributed by atoms with Crippen molar-refractivity contribution >= 4 is 33.3 Å². The van der Waals surface area contributed by atoms with Gasteiger partial charge in [0.25, 0.3) is 5.56 Å². The molecule has 3 heterocycles. The fourth-order valence-electron chi connectivity index (χ4n) is 3.21. The van der Waals surface area contributed by atoms with Crippen molar-refractivity contribution in [2.45, 2.75) is 32.1 Å². The third-order valence-electron chi connectivity index (χ3n) is 4.45. The number of aryl methyl sites for hydroxylation is 3. The Hall–Kier alpha value is -2.74. The fraction of sp³-hybridized carbons (Fsp3) is 0.333. The minimum absolute atomic E-state index is 0.0979. The average molecular weight is 370 g/mol. The lowest BCUT2D eigenvalue weighted by Gasteiger charge is -2.06. The number of carbonyl (C=O) groups is 1. The summed E-state index contributed by atoms with van der Waals surface area (Å²) in [4.78, 5) is 38.1. The SMILES string of the molecule is COc1ccnc(NC(=O)CCc2nc3sc4c(c3c(=O)[nH]2)CCC4)c1. The first-order valence-electron chi connectivity index (χ1n) is 8.47. The van der Waals surface area contributed by atoms with Gasteiger partial charge >= 0.3 is 0 Å². The molecule has 3 aromatic rings. The van der Waals surface area contributed by atoms with Gasteiger partial charge in [0.1, 0.15) is 22.2 Å². The second kappa shape index (κ2) is 6.87. The van der Waals surface area contributed by atoms with E-state index in [0.29, 0.717) is 23.8 Å². The topological polar surface area (TPSA) is 97.0 Å². The van der Waals surface area contributed by atoms with Crippen molar-refractivity contribution in [2.24, 2.45) is 0 Å². The minimum atomic E-state index is -0.192. The zero-order valence-electron chi connectivity index (χ0n) is 14.3. The van der Waals surface area contributed by atoms with E-state index in [2.05, 4.69) is 20.3 Å². The van der Waals surface area contributed by atoms with Crippen LogP contribution in [0.2, 0.25) is 0 Å². The number of amides is 1. The van der Waals surface area contributed by atoms with Gasteiger partial charge < -0.3 is 15.0 Å². The molecule has 0 unspecified atom stereocenters. The molecule has 1 aliphatic carbocycles. The van der Waals surface area contributed by atoms with Gasteiger partial charge in [0.15, 0.2) is 0 Å². The molecule has 0 spiro atoms. The number of hydrogen-bond acceptors (Lipinski definition) is 6. The summed E-state index contributed by atoms with van der Waals surface area (Å²) in [6, 6.07) is 3.36. The number of carbonyl (C=O) groups excluding carboxylic acids is 1. The molecule has 0 radical (unpaired) electrons. The summed E-state index contributed by atoms with van der Waals surface area (Å²) in [5.41, 5.74) is 1.06. The van der Waals surface area contributed by atoms with E-state index >= 15 is 0 Å². The first kappa shape index (κ1) is 16.7. The van der Waals surface area contributed by atoms with Crippen molar-refractivity contribution in [2.75, 3.05) is 12.4 Å². The summed E-state index contributed by atoms with van der Waals surface area (Å²) in [6.45, 7) is 0. The highest BCUT2D eigenvalue weighted by molar-refractivity contribution is 7.18. The molecule has 1 amide bonds. The van der Waals surface area contributed by atoms with Crippen LogP contribution in [0.4, 0.5) is 5.82 Å². The second-order valence-electron chi connectivity index (χ2n) is 6.18. The molecular formula is C18H18N4O3S. The van der Waals surface area contributed by atoms with Crippen molar-refractivity contribution in [1.29, 1.82) is 0 Å². The fourth-order valence-corrected chi connectivity index (χ4v) is 4.49. The average Bonchev–Trinajstić information content (AvgIpc) is 3.20. The van der Waals surface area contributed by atoms with Gasteiger partial charge in [-0.3, -0.25) is 9.59 Å². The lowest BCUT2D eigenvalue weighted by atomic mass is 10.2. The van der Waals surface area contributed by atoms with Crippen LogP contribution in [0.5, 0.6) is 5.75 Å². The molecule has 2 N–H and O–H groups in total. The predicted molar refractivity (Wildman–Crippen MR) is 100 cm³/mol. The number of aromatic amines is 1. The highest BCUT2D eigenvalue weighted by atomic mass is 32.1. The Morgan fingerprint density at radius 2 is 2.31 bits per heavy atom. The van der Waals surface area contributed by atoms with E-state index in [1.54, 1.807) is 36.8 Å². The van der Waals surface area contributed by atoms with Crippen molar-refractivity contribution < 1.29 is 9.53 Å². The van der Waals surface area contributed by atoms with E-state index in [1.807, 2.05) is 0 Å². The number of pyridine rings is 1. The zero-order chi connectivity index (χ0) is 18.1. The molecule has 7 nitrogen and oxygen atoms in total. The number of fused-ring (bicyclic) bond motifs is 3. The molecule has 0 aromatic carbocycles. The number of nitrogens with zero attached hydrogens (tertiary/aromatic N) is 2. The number of rotatable bonds is 5. The Kier molecular flexibility index (Phi) is 4.42. The van der Waals surface area contributed by atoms with Crippen LogP contribution in [0.15, 0.2) is 23.1 Å². The van der Waals surface area contributed by atoms with Gasteiger partial charge in [0.2, 0.25) is 5.91 Å². The number of H-pyrrole nitrogens is 1. The van der Waals surface area contributed by atoms with E-state index in [-0.39, 0.29) is 17.9 Å². The van der Waals surface area contributed by atoms with Crippen LogP contribution in [0.1, 0.15) is 29.1 Å². The molecular weight excluding hydrogens is 352 g/mol. The minimum Gasteiger partial charge on any atom is -0.497 e. The highest BCUT2D eigenvalue weighted by Crippen LogP contribution is 2.34. The number of anilines is 1. The Morgan fingerprint density at radius 3 is 3.15 bits per heavy atom. The first-order valence-corrected chi connectivity index (χ1v) is 9.29. The molecule has 0 saturated carbocycles. The normalized spacial score (nSPS) is 13.0. The second-order valence-corrected chi connectivity index (χ2v) is 7.26. The quantitative estimate of drug-likeness (QED) is 0.719. The Labute approximate surface area is 153 Å². The lowest BCUT2D eigenvalue weighted by molar-refractivity contribution is -0.116. The highest BCUT2D eigenvalue weighted by Gasteiger charge is 2.21. The monoisotopic (exact) mass is 370 g/mol. The molecule has 3 aromatic heterocycles. The first-order chi connectivity index (χ1) is 12.6. The van der Waals surface area contributed by atoms with Gasteiger partial charge in [-0.25, -0.2) is 9.97 Å². The predicted octanol–water partition coefficient (Wildman–Crippen LogP) is 2.45. The van der Waals surface area contributed by atoms with E-state index < -0.39 is 0 Å². The zero-order valence-corrected chi connectivity index (χ0v) is 15.1. The summed E-state index contributed by atoms with van der Waals surface area (Å²) in [7, 11) is 1.56. The maximum atomic E-state index is 12.4. The number of aromatic nitrogens is 3. The summed E-state index contributed by atoms with van der Waals surface area (Å²) in [6.07, 6.45) is 5.23. The molecule has 26 heavy (non-hydrogen) atoms. The standard InChI is InChI=1S/C18H18N4O3S/c1-25-10-7-8-19-14(9-10)20-15(23)6-5-13-21-17(24)16-11-3-2-4-12(11)26-18(16)22-13/h7-9H,2-6H2,1H3,(H,19,20,23)(H,21,22,24).